The smallest absolute Gasteiger partial charge is 0.427 e. The summed E-state index contributed by atoms with van der Waals surface area (Å²) >= 11 is 0. The topological polar surface area (TPSA) is 79.4 Å². The van der Waals surface area contributed by atoms with Crippen LogP contribution in [0.4, 0.5) is 4.79 Å². The van der Waals surface area contributed by atoms with E-state index < -0.39 is 6.09 Å². The summed E-state index contributed by atoms with van der Waals surface area (Å²) < 4.78 is 4.66. The number of ether oxygens (including phenoxy) is 1. The number of carbonyl (C=O) groups is 1. The van der Waals surface area contributed by atoms with Gasteiger partial charge in [0, 0.05) is 5.39 Å². The van der Waals surface area contributed by atoms with Crippen molar-refractivity contribution in [1.82, 2.24) is 15.6 Å². The zero-order chi connectivity index (χ0) is 12.1. The van der Waals surface area contributed by atoms with E-state index in [1.807, 2.05) is 24.3 Å². The molecule has 1 aromatic heterocycles. The molecule has 0 unspecified atom stereocenters. The third-order valence-electron chi connectivity index (χ3n) is 2.12. The normalized spacial score (nSPS) is 10.9. The molecule has 0 aliphatic heterocycles. The number of aromatic nitrogens is 2. The molecule has 1 heterocycles. The lowest BCUT2D eigenvalue weighted by Gasteiger charge is -1.97. The van der Waals surface area contributed by atoms with Crippen molar-refractivity contribution < 1.29 is 9.53 Å². The molecule has 0 saturated carbocycles. The Bertz CT molecular complexity index is 547. The summed E-state index contributed by atoms with van der Waals surface area (Å²) in [6, 6.07) is 7.63. The molecular formula is C11H12N4O2. The highest BCUT2D eigenvalue weighted by Gasteiger charge is 2.01. The van der Waals surface area contributed by atoms with E-state index in [1.165, 1.54) is 6.21 Å². The van der Waals surface area contributed by atoms with Crippen LogP contribution in [0, 0.1) is 0 Å². The number of rotatable bonds is 3. The van der Waals surface area contributed by atoms with Crippen LogP contribution in [-0.4, -0.2) is 29.1 Å². The molecule has 0 aliphatic carbocycles. The number of para-hydroxylation sites is 1. The fourth-order valence-electron chi connectivity index (χ4n) is 1.39. The zero-order valence-electron chi connectivity index (χ0n) is 9.30. The van der Waals surface area contributed by atoms with Gasteiger partial charge in [0.1, 0.15) is 0 Å². The number of benzene rings is 1. The van der Waals surface area contributed by atoms with E-state index in [-0.39, 0.29) is 0 Å². The second-order valence-corrected chi connectivity index (χ2v) is 3.24. The van der Waals surface area contributed by atoms with Crippen LogP contribution < -0.4 is 5.43 Å². The minimum Gasteiger partial charge on any atom is -0.449 e. The van der Waals surface area contributed by atoms with Gasteiger partial charge in [-0.3, -0.25) is 5.10 Å². The largest absolute Gasteiger partial charge is 0.449 e. The molecule has 1 aromatic carbocycles. The highest BCUT2D eigenvalue weighted by atomic mass is 16.5. The van der Waals surface area contributed by atoms with Crippen molar-refractivity contribution in [2.75, 3.05) is 6.61 Å². The molecule has 6 heteroatoms. The highest BCUT2D eigenvalue weighted by molar-refractivity contribution is 5.96. The lowest BCUT2D eigenvalue weighted by atomic mass is 10.2. The monoisotopic (exact) mass is 232 g/mol. The molecule has 0 saturated heterocycles. The highest BCUT2D eigenvalue weighted by Crippen LogP contribution is 2.12. The van der Waals surface area contributed by atoms with Crippen LogP contribution in [0.1, 0.15) is 12.6 Å². The number of hydrazone groups is 1. The molecule has 6 nitrogen and oxygen atoms in total. The molecule has 0 atom stereocenters. The number of hydrogen-bond acceptors (Lipinski definition) is 4. The summed E-state index contributed by atoms with van der Waals surface area (Å²) in [5.74, 6) is 0. The fraction of sp³-hybridized carbons (Fsp3) is 0.182. The van der Waals surface area contributed by atoms with Gasteiger partial charge in [-0.25, -0.2) is 10.2 Å². The van der Waals surface area contributed by atoms with Crippen LogP contribution in [0.3, 0.4) is 0 Å². The maximum atomic E-state index is 11.0. The number of hydrogen-bond donors (Lipinski definition) is 2. The number of H-pyrrole nitrogens is 1. The van der Waals surface area contributed by atoms with Crippen molar-refractivity contribution in [3.8, 4) is 0 Å². The van der Waals surface area contributed by atoms with Crippen molar-refractivity contribution in [3.05, 3.63) is 30.0 Å². The zero-order valence-corrected chi connectivity index (χ0v) is 9.30. The number of aromatic amines is 1. The minimum atomic E-state index is -0.576. The van der Waals surface area contributed by atoms with Gasteiger partial charge in [0.05, 0.1) is 24.0 Å². The molecule has 88 valence electrons. The summed E-state index contributed by atoms with van der Waals surface area (Å²) in [6.45, 7) is 2.04. The van der Waals surface area contributed by atoms with Gasteiger partial charge < -0.3 is 4.74 Å². The van der Waals surface area contributed by atoms with Gasteiger partial charge in [0.15, 0.2) is 0 Å². The van der Waals surface area contributed by atoms with E-state index >= 15 is 0 Å². The van der Waals surface area contributed by atoms with Gasteiger partial charge in [-0.2, -0.15) is 10.2 Å². The van der Waals surface area contributed by atoms with Crippen LogP contribution in [0.5, 0.6) is 0 Å². The average Bonchev–Trinajstić information content (AvgIpc) is 2.73. The Morgan fingerprint density at radius 3 is 3.24 bits per heavy atom. The maximum absolute atomic E-state index is 11.0. The molecule has 0 spiro atoms. The summed E-state index contributed by atoms with van der Waals surface area (Å²) in [5, 5.41) is 11.6. The lowest BCUT2D eigenvalue weighted by molar-refractivity contribution is 0.152. The van der Waals surface area contributed by atoms with Gasteiger partial charge in [-0.05, 0) is 13.0 Å². The van der Waals surface area contributed by atoms with E-state index in [4.69, 9.17) is 0 Å². The quantitative estimate of drug-likeness (QED) is 0.623. The van der Waals surface area contributed by atoms with Crippen LogP contribution in [0.25, 0.3) is 10.9 Å². The minimum absolute atomic E-state index is 0.314. The first kappa shape index (κ1) is 11.1. The Balaban J connectivity index is 2.08. The molecule has 2 rings (SSSR count). The lowest BCUT2D eigenvalue weighted by Crippen LogP contribution is -2.18. The molecule has 1 amide bonds. The van der Waals surface area contributed by atoms with Crippen molar-refractivity contribution in [2.24, 2.45) is 5.10 Å². The number of fused-ring (bicyclic) bond motifs is 1. The Morgan fingerprint density at radius 2 is 2.41 bits per heavy atom. The Labute approximate surface area is 97.7 Å². The van der Waals surface area contributed by atoms with Gasteiger partial charge >= 0.3 is 6.09 Å². The molecule has 0 fully saturated rings. The maximum Gasteiger partial charge on any atom is 0.427 e. The van der Waals surface area contributed by atoms with Crippen LogP contribution in [0.2, 0.25) is 0 Å². The van der Waals surface area contributed by atoms with E-state index in [2.05, 4.69) is 25.5 Å². The van der Waals surface area contributed by atoms with Gasteiger partial charge in [-0.1, -0.05) is 18.2 Å². The SMILES string of the molecule is CCOC(=O)NN=Cc1[nH]nc2ccccc12. The van der Waals surface area contributed by atoms with Gasteiger partial charge in [0.2, 0.25) is 0 Å². The molecule has 0 aliphatic rings. The van der Waals surface area contributed by atoms with E-state index in [9.17, 15) is 4.79 Å². The predicted molar refractivity (Wildman–Crippen MR) is 63.8 cm³/mol. The Morgan fingerprint density at radius 1 is 1.59 bits per heavy atom. The first-order valence-corrected chi connectivity index (χ1v) is 5.20. The molecule has 0 bridgehead atoms. The summed E-state index contributed by atoms with van der Waals surface area (Å²) in [4.78, 5) is 11.0. The van der Waals surface area contributed by atoms with Crippen LogP contribution in [0.15, 0.2) is 29.4 Å². The summed E-state index contributed by atoms with van der Waals surface area (Å²) in [7, 11) is 0. The second-order valence-electron chi connectivity index (χ2n) is 3.24. The van der Waals surface area contributed by atoms with Crippen LogP contribution >= 0.6 is 0 Å². The first-order valence-electron chi connectivity index (χ1n) is 5.20. The van der Waals surface area contributed by atoms with Gasteiger partial charge in [0.25, 0.3) is 0 Å². The van der Waals surface area contributed by atoms with E-state index in [1.54, 1.807) is 6.92 Å². The van der Waals surface area contributed by atoms with E-state index in [0.717, 1.165) is 16.6 Å². The van der Waals surface area contributed by atoms with Gasteiger partial charge in [-0.15, -0.1) is 0 Å². The Kier molecular flexibility index (Phi) is 3.34. The standard InChI is InChI=1S/C11H12N4O2/c1-2-17-11(16)15-12-7-10-8-5-3-4-6-9(8)13-14-10/h3-7H,2H2,1H3,(H,13,14)(H,15,16). The second kappa shape index (κ2) is 5.11. The molecular weight excluding hydrogens is 220 g/mol. The first-order chi connectivity index (χ1) is 8.31. The summed E-state index contributed by atoms with van der Waals surface area (Å²) in [6.07, 6.45) is 0.916. The number of nitrogens with one attached hydrogen (secondary N) is 2. The van der Waals surface area contributed by atoms with E-state index in [0.29, 0.717) is 6.61 Å². The molecule has 17 heavy (non-hydrogen) atoms. The molecule has 0 radical (unpaired) electrons. The van der Waals surface area contributed by atoms with Crippen molar-refractivity contribution in [1.29, 1.82) is 0 Å². The third-order valence-corrected chi connectivity index (χ3v) is 2.12. The van der Waals surface area contributed by atoms with Crippen molar-refractivity contribution in [3.63, 3.8) is 0 Å². The predicted octanol–water partition coefficient (Wildman–Crippen LogP) is 1.64. The third kappa shape index (κ3) is 2.60. The molecule has 2 aromatic rings. The van der Waals surface area contributed by atoms with Crippen LogP contribution in [-0.2, 0) is 4.74 Å². The van der Waals surface area contributed by atoms with Crippen molar-refractivity contribution in [2.45, 2.75) is 6.92 Å². The Hall–Kier alpha value is -2.37. The summed E-state index contributed by atoms with van der Waals surface area (Å²) in [5.41, 5.74) is 3.83. The fourth-order valence-corrected chi connectivity index (χ4v) is 1.39. The number of nitrogens with zero attached hydrogens (tertiary/aromatic N) is 2. The average molecular weight is 232 g/mol. The number of carbonyl (C=O) groups excluding carboxylic acids is 1. The number of amides is 1. The van der Waals surface area contributed by atoms with Crippen molar-refractivity contribution >= 4 is 23.2 Å². The molecule has 2 N–H and O–H groups in total.